The van der Waals surface area contributed by atoms with Gasteiger partial charge in [-0.1, -0.05) is 0 Å². The summed E-state index contributed by atoms with van der Waals surface area (Å²) in [5.74, 6) is 1.20. The normalized spacial score (nSPS) is 33.3. The predicted octanol–water partition coefficient (Wildman–Crippen LogP) is 1.84. The minimum Gasteiger partial charge on any atom is -0.482 e. The van der Waals surface area contributed by atoms with Gasteiger partial charge in [0.1, 0.15) is 5.75 Å². The Morgan fingerprint density at radius 1 is 1.20 bits per heavy atom. The van der Waals surface area contributed by atoms with E-state index in [0.717, 1.165) is 50.8 Å². The maximum Gasteiger partial charge on any atom is 0.260 e. The molecule has 1 saturated carbocycles. The first kappa shape index (κ1) is 16.8. The largest absolute Gasteiger partial charge is 0.482 e. The lowest BCUT2D eigenvalue weighted by atomic mass is 9.82. The predicted molar refractivity (Wildman–Crippen MR) is 93.4 cm³/mol. The van der Waals surface area contributed by atoms with Crippen molar-refractivity contribution >= 4 is 5.91 Å². The number of amides is 1. The Morgan fingerprint density at radius 2 is 2.04 bits per heavy atom. The van der Waals surface area contributed by atoms with Gasteiger partial charge in [0.2, 0.25) is 0 Å². The second kappa shape index (κ2) is 7.30. The molecule has 2 bridgehead atoms. The van der Waals surface area contributed by atoms with Crippen molar-refractivity contribution in [3.8, 4) is 5.75 Å². The third kappa shape index (κ3) is 3.51. The summed E-state index contributed by atoms with van der Waals surface area (Å²) >= 11 is 0. The second-order valence-corrected chi connectivity index (χ2v) is 7.47. The van der Waals surface area contributed by atoms with Gasteiger partial charge in [-0.15, -0.1) is 0 Å². The molecule has 2 atom stereocenters. The number of pyridine rings is 1. The highest BCUT2D eigenvalue weighted by atomic mass is 16.5. The Kier molecular flexibility index (Phi) is 4.90. The van der Waals surface area contributed by atoms with E-state index < -0.39 is 0 Å². The lowest BCUT2D eigenvalue weighted by Gasteiger charge is -2.40. The maximum atomic E-state index is 12.8. The number of nitrogens with two attached hydrogens (primary N) is 1. The third-order valence-electron chi connectivity index (χ3n) is 5.94. The van der Waals surface area contributed by atoms with E-state index in [2.05, 4.69) is 4.98 Å². The molecular weight excluding hydrogens is 318 g/mol. The number of ether oxygens (including phenoxy) is 2. The summed E-state index contributed by atoms with van der Waals surface area (Å²) < 4.78 is 12.1. The van der Waals surface area contributed by atoms with Gasteiger partial charge < -0.3 is 20.1 Å². The number of hydrogen-bond acceptors (Lipinski definition) is 5. The first-order valence-corrected chi connectivity index (χ1v) is 9.45. The van der Waals surface area contributed by atoms with Crippen molar-refractivity contribution in [1.82, 2.24) is 9.88 Å². The number of carbonyl (C=O) groups excluding carboxylic acids is 1. The van der Waals surface area contributed by atoms with Crippen molar-refractivity contribution in [3.63, 3.8) is 0 Å². The Bertz CT molecular complexity index is 616. The highest BCUT2D eigenvalue weighted by molar-refractivity contribution is 5.78. The minimum atomic E-state index is -0.0447. The number of rotatable bonds is 0. The van der Waals surface area contributed by atoms with Gasteiger partial charge in [-0.05, 0) is 50.5 Å². The van der Waals surface area contributed by atoms with Gasteiger partial charge in [0, 0.05) is 24.3 Å². The van der Waals surface area contributed by atoms with Crippen LogP contribution in [0.4, 0.5) is 0 Å². The molecule has 0 aromatic carbocycles. The van der Waals surface area contributed by atoms with Crippen LogP contribution in [0.25, 0.3) is 0 Å². The summed E-state index contributed by atoms with van der Waals surface area (Å²) in [6.45, 7) is 1.31. The first-order chi connectivity index (χ1) is 12.2. The quantitative estimate of drug-likeness (QED) is 0.776. The SMILES string of the molecule is NC1CCCN2C(=O)COc3cnccc3C3CCC(CC3)OCC12. The molecule has 3 aliphatic heterocycles. The number of carbonyl (C=O) groups is 1. The van der Waals surface area contributed by atoms with Crippen molar-refractivity contribution in [2.24, 2.45) is 5.73 Å². The van der Waals surface area contributed by atoms with E-state index in [4.69, 9.17) is 15.2 Å². The van der Waals surface area contributed by atoms with Gasteiger partial charge in [-0.25, -0.2) is 0 Å². The average Bonchev–Trinajstić information content (AvgIpc) is 2.66. The van der Waals surface area contributed by atoms with E-state index in [1.807, 2.05) is 17.2 Å². The molecule has 2 unspecified atom stereocenters. The highest BCUT2D eigenvalue weighted by Gasteiger charge is 2.34. The molecule has 4 heterocycles. The molecule has 1 aromatic heterocycles. The van der Waals surface area contributed by atoms with Crippen LogP contribution >= 0.6 is 0 Å². The van der Waals surface area contributed by atoms with Crippen molar-refractivity contribution in [3.05, 3.63) is 24.0 Å². The fourth-order valence-electron chi connectivity index (χ4n) is 4.46. The molecule has 0 spiro atoms. The van der Waals surface area contributed by atoms with Crippen LogP contribution in [0.2, 0.25) is 0 Å². The first-order valence-electron chi connectivity index (χ1n) is 9.45. The van der Waals surface area contributed by atoms with Crippen LogP contribution in [0.1, 0.15) is 50.0 Å². The molecule has 6 heteroatoms. The molecule has 1 aromatic rings. The Morgan fingerprint density at radius 3 is 2.88 bits per heavy atom. The maximum absolute atomic E-state index is 12.8. The molecule has 4 aliphatic rings. The van der Waals surface area contributed by atoms with E-state index >= 15 is 0 Å². The standard InChI is InChI=1S/C19H27N3O3/c20-16-2-1-9-22-17(16)11-24-14-5-3-13(4-6-14)15-7-8-21-10-18(15)25-12-19(22)23/h7-8,10,13-14,16-17H,1-6,9,11-12,20H2. The molecule has 25 heavy (non-hydrogen) atoms. The monoisotopic (exact) mass is 345 g/mol. The van der Waals surface area contributed by atoms with Crippen molar-refractivity contribution in [1.29, 1.82) is 0 Å². The number of aromatic nitrogens is 1. The van der Waals surface area contributed by atoms with Gasteiger partial charge in [-0.3, -0.25) is 9.78 Å². The fourth-order valence-corrected chi connectivity index (χ4v) is 4.46. The molecule has 6 nitrogen and oxygen atoms in total. The van der Waals surface area contributed by atoms with Crippen LogP contribution in [0.15, 0.2) is 18.5 Å². The van der Waals surface area contributed by atoms with Gasteiger partial charge >= 0.3 is 0 Å². The number of fused-ring (bicyclic) bond motifs is 5. The summed E-state index contributed by atoms with van der Waals surface area (Å²) in [5.41, 5.74) is 7.49. The van der Waals surface area contributed by atoms with Crippen molar-refractivity contribution in [2.45, 2.75) is 62.6 Å². The lowest BCUT2D eigenvalue weighted by molar-refractivity contribution is -0.140. The van der Waals surface area contributed by atoms with Gasteiger partial charge in [0.05, 0.1) is 24.9 Å². The summed E-state index contributed by atoms with van der Waals surface area (Å²) in [5, 5.41) is 0. The molecular formula is C19H27N3O3. The zero-order valence-corrected chi connectivity index (χ0v) is 14.6. The van der Waals surface area contributed by atoms with E-state index in [0.29, 0.717) is 12.5 Å². The molecule has 0 radical (unpaired) electrons. The molecule has 136 valence electrons. The van der Waals surface area contributed by atoms with Gasteiger partial charge in [0.15, 0.2) is 6.61 Å². The molecule has 2 fully saturated rings. The molecule has 1 amide bonds. The van der Waals surface area contributed by atoms with Crippen LogP contribution < -0.4 is 10.5 Å². The zero-order valence-electron chi connectivity index (χ0n) is 14.6. The van der Waals surface area contributed by atoms with Crippen molar-refractivity contribution in [2.75, 3.05) is 19.8 Å². The average molecular weight is 345 g/mol. The van der Waals surface area contributed by atoms with Crippen LogP contribution in [0.5, 0.6) is 5.75 Å². The highest BCUT2D eigenvalue weighted by Crippen LogP contribution is 2.38. The van der Waals surface area contributed by atoms with Gasteiger partial charge in [-0.2, -0.15) is 0 Å². The summed E-state index contributed by atoms with van der Waals surface area (Å²) in [6.07, 6.45) is 9.96. The smallest absolute Gasteiger partial charge is 0.260 e. The second-order valence-electron chi connectivity index (χ2n) is 7.47. The van der Waals surface area contributed by atoms with Gasteiger partial charge in [0.25, 0.3) is 5.91 Å². The fraction of sp³-hybridized carbons (Fsp3) is 0.684. The van der Waals surface area contributed by atoms with E-state index in [-0.39, 0.29) is 30.7 Å². The summed E-state index contributed by atoms with van der Waals surface area (Å²) in [4.78, 5) is 18.8. The molecule has 5 rings (SSSR count). The Labute approximate surface area is 148 Å². The van der Waals surface area contributed by atoms with Crippen molar-refractivity contribution < 1.29 is 14.3 Å². The van der Waals surface area contributed by atoms with Crippen LogP contribution in [0.3, 0.4) is 0 Å². The lowest BCUT2D eigenvalue weighted by Crippen LogP contribution is -2.57. The number of nitrogens with zero attached hydrogens (tertiary/aromatic N) is 2. The van der Waals surface area contributed by atoms with E-state index in [1.54, 1.807) is 6.20 Å². The Balaban J connectivity index is 1.61. The summed E-state index contributed by atoms with van der Waals surface area (Å²) in [6, 6.07) is 1.97. The number of piperidine rings is 1. The third-order valence-corrected chi connectivity index (χ3v) is 5.94. The Hall–Kier alpha value is -1.66. The van der Waals surface area contributed by atoms with E-state index in [1.165, 1.54) is 5.56 Å². The topological polar surface area (TPSA) is 77.7 Å². The van der Waals surface area contributed by atoms with Crippen LogP contribution in [0, 0.1) is 0 Å². The number of hydrogen-bond donors (Lipinski definition) is 1. The molecule has 2 N–H and O–H groups in total. The molecule has 1 saturated heterocycles. The molecule has 1 aliphatic carbocycles. The summed E-state index contributed by atoms with van der Waals surface area (Å²) in [7, 11) is 0. The van der Waals surface area contributed by atoms with Crippen LogP contribution in [-0.4, -0.2) is 53.7 Å². The zero-order chi connectivity index (χ0) is 17.2. The van der Waals surface area contributed by atoms with E-state index in [9.17, 15) is 4.79 Å². The minimum absolute atomic E-state index is 0.00912. The van der Waals surface area contributed by atoms with Crippen LogP contribution in [-0.2, 0) is 9.53 Å².